The molecule has 2 aliphatic carbocycles. The van der Waals surface area contributed by atoms with Gasteiger partial charge in [0.1, 0.15) is 0 Å². The van der Waals surface area contributed by atoms with E-state index in [9.17, 15) is 0 Å². The fourth-order valence-electron chi connectivity index (χ4n) is 4.73. The lowest BCUT2D eigenvalue weighted by atomic mass is 9.65. The Kier molecular flexibility index (Phi) is 4.07. The zero-order valence-electron chi connectivity index (χ0n) is 14.9. The smallest absolute Gasteiger partial charge is 0.0676 e. The average Bonchev–Trinajstić information content (AvgIpc) is 3.01. The summed E-state index contributed by atoms with van der Waals surface area (Å²) in [7, 11) is 0. The molecule has 2 heteroatoms. The second-order valence-corrected chi connectivity index (χ2v) is 8.33. The van der Waals surface area contributed by atoms with Crippen molar-refractivity contribution in [1.82, 2.24) is 0 Å². The minimum Gasteiger partial charge on any atom is -0.148 e. The largest absolute Gasteiger partial charge is 0.148 e. The van der Waals surface area contributed by atoms with Crippen LogP contribution in [0.4, 0.5) is 0 Å². The summed E-state index contributed by atoms with van der Waals surface area (Å²) < 4.78 is 0. The molecule has 0 spiro atoms. The molecule has 0 radical (unpaired) electrons. The Morgan fingerprint density at radius 1 is 0.630 bits per heavy atom. The molecular weight excluding hydrogens is 364 g/mol. The molecular formula is C25H20S2. The van der Waals surface area contributed by atoms with Crippen molar-refractivity contribution in [3.8, 4) is 11.1 Å². The topological polar surface area (TPSA) is 0 Å². The van der Waals surface area contributed by atoms with Gasteiger partial charge in [-0.3, -0.25) is 0 Å². The molecule has 0 amide bonds. The molecule has 0 fully saturated rings. The van der Waals surface area contributed by atoms with Gasteiger partial charge in [-0.15, -0.1) is 25.3 Å². The number of hydrogen-bond acceptors (Lipinski definition) is 2. The highest BCUT2D eigenvalue weighted by Crippen LogP contribution is 2.57. The van der Waals surface area contributed by atoms with Gasteiger partial charge in [0, 0.05) is 4.90 Å². The maximum atomic E-state index is 4.59. The van der Waals surface area contributed by atoms with Crippen LogP contribution in [0.5, 0.6) is 0 Å². The molecule has 132 valence electrons. The summed E-state index contributed by atoms with van der Waals surface area (Å²) in [5.41, 5.74) is 7.92. The van der Waals surface area contributed by atoms with Crippen molar-refractivity contribution in [1.29, 1.82) is 0 Å². The van der Waals surface area contributed by atoms with E-state index in [2.05, 4.69) is 110 Å². The summed E-state index contributed by atoms with van der Waals surface area (Å²) >= 11 is 9.11. The second kappa shape index (κ2) is 6.47. The molecule has 27 heavy (non-hydrogen) atoms. The van der Waals surface area contributed by atoms with Crippen molar-refractivity contribution in [2.75, 3.05) is 0 Å². The maximum absolute atomic E-state index is 4.59. The molecule has 0 aliphatic heterocycles. The van der Waals surface area contributed by atoms with Gasteiger partial charge >= 0.3 is 0 Å². The number of benzene rings is 3. The number of allylic oxidation sites excluding steroid dienone is 4. The van der Waals surface area contributed by atoms with E-state index >= 15 is 0 Å². The third kappa shape index (κ3) is 2.47. The summed E-state index contributed by atoms with van der Waals surface area (Å²) in [5.74, 6) is 0. The van der Waals surface area contributed by atoms with Crippen LogP contribution >= 0.6 is 25.3 Å². The van der Waals surface area contributed by atoms with Crippen molar-refractivity contribution in [3.63, 3.8) is 0 Å². The van der Waals surface area contributed by atoms with Gasteiger partial charge in [-0.25, -0.2) is 0 Å². The minimum atomic E-state index is -0.250. The first-order chi connectivity index (χ1) is 13.2. The van der Waals surface area contributed by atoms with E-state index in [1.54, 1.807) is 0 Å². The lowest BCUT2D eigenvalue weighted by Gasteiger charge is -2.37. The first-order valence-corrected chi connectivity index (χ1v) is 10.2. The Labute approximate surface area is 171 Å². The third-order valence-electron chi connectivity index (χ3n) is 5.86. The molecule has 0 heterocycles. The monoisotopic (exact) mass is 384 g/mol. The number of hydrogen-bond donors (Lipinski definition) is 2. The van der Waals surface area contributed by atoms with Gasteiger partial charge in [0.25, 0.3) is 0 Å². The van der Waals surface area contributed by atoms with E-state index in [-0.39, 0.29) is 5.41 Å². The van der Waals surface area contributed by atoms with Crippen LogP contribution in [0.3, 0.4) is 0 Å². The Balaban J connectivity index is 1.91. The quantitative estimate of drug-likeness (QED) is 0.445. The molecule has 0 saturated carbocycles. The zero-order chi connectivity index (χ0) is 18.4. The summed E-state index contributed by atoms with van der Waals surface area (Å²) in [6.07, 6.45) is 6.46. The summed E-state index contributed by atoms with van der Waals surface area (Å²) in [6, 6.07) is 26.4. The Bertz CT molecular complexity index is 1040. The first-order valence-electron chi connectivity index (χ1n) is 9.29. The molecule has 0 aromatic heterocycles. The van der Waals surface area contributed by atoms with Crippen molar-refractivity contribution in [3.05, 3.63) is 112 Å². The van der Waals surface area contributed by atoms with Crippen molar-refractivity contribution in [2.45, 2.75) is 23.2 Å². The fraction of sp³-hybridized carbons (Fsp3) is 0.120. The molecule has 0 saturated heterocycles. The molecule has 0 bridgehead atoms. The number of rotatable bonds is 2. The van der Waals surface area contributed by atoms with Crippen LogP contribution in [0.15, 0.2) is 100 Å². The van der Waals surface area contributed by atoms with Crippen LogP contribution in [0.1, 0.15) is 29.5 Å². The second-order valence-electron chi connectivity index (χ2n) is 7.24. The van der Waals surface area contributed by atoms with E-state index in [0.29, 0.717) is 0 Å². The SMILES string of the molecule is SC1=CC=C(C2(c3ccc(S)cc3)c3ccccc3-c3ccccc32)CC1. The Morgan fingerprint density at radius 3 is 1.78 bits per heavy atom. The molecule has 3 aromatic carbocycles. The van der Waals surface area contributed by atoms with Crippen LogP contribution < -0.4 is 0 Å². The standard InChI is InChI=1S/C25H20S2/c26-19-13-9-17(10-14-19)25(18-11-15-20(27)16-12-18)23-7-3-1-5-21(23)22-6-2-4-8-24(22)25/h1-11,13-15,26-27H,12,16H2. The number of thiol groups is 2. The van der Waals surface area contributed by atoms with Crippen LogP contribution in [0, 0.1) is 0 Å². The van der Waals surface area contributed by atoms with Crippen molar-refractivity contribution >= 4 is 25.3 Å². The Hall–Kier alpha value is -2.16. The van der Waals surface area contributed by atoms with Crippen LogP contribution in [0.2, 0.25) is 0 Å². The van der Waals surface area contributed by atoms with E-state index in [1.165, 1.54) is 33.4 Å². The van der Waals surface area contributed by atoms with Crippen LogP contribution in [-0.2, 0) is 5.41 Å². The molecule has 5 rings (SSSR count). The van der Waals surface area contributed by atoms with Gasteiger partial charge in [-0.2, -0.15) is 0 Å². The highest BCUT2D eigenvalue weighted by atomic mass is 32.1. The molecule has 0 nitrogen and oxygen atoms in total. The summed E-state index contributed by atoms with van der Waals surface area (Å²) in [4.78, 5) is 2.14. The van der Waals surface area contributed by atoms with Gasteiger partial charge in [0.05, 0.1) is 5.41 Å². The van der Waals surface area contributed by atoms with E-state index in [4.69, 9.17) is 0 Å². The molecule has 0 N–H and O–H groups in total. The molecule has 2 aliphatic rings. The number of fused-ring (bicyclic) bond motifs is 3. The first kappa shape index (κ1) is 17.0. The minimum absolute atomic E-state index is 0.250. The van der Waals surface area contributed by atoms with Gasteiger partial charge in [0.15, 0.2) is 0 Å². The molecule has 0 unspecified atom stereocenters. The van der Waals surface area contributed by atoms with Crippen LogP contribution in [-0.4, -0.2) is 0 Å². The summed E-state index contributed by atoms with van der Waals surface area (Å²) in [6.45, 7) is 0. The van der Waals surface area contributed by atoms with Crippen LogP contribution in [0.25, 0.3) is 11.1 Å². The lowest BCUT2D eigenvalue weighted by molar-refractivity contribution is 0.690. The normalized spacial score (nSPS) is 17.0. The van der Waals surface area contributed by atoms with Crippen molar-refractivity contribution < 1.29 is 0 Å². The van der Waals surface area contributed by atoms with E-state index < -0.39 is 0 Å². The average molecular weight is 385 g/mol. The zero-order valence-corrected chi connectivity index (χ0v) is 16.7. The highest BCUT2D eigenvalue weighted by Gasteiger charge is 2.46. The molecule has 3 aromatic rings. The van der Waals surface area contributed by atoms with Gasteiger partial charge in [0.2, 0.25) is 0 Å². The Morgan fingerprint density at radius 2 is 1.22 bits per heavy atom. The van der Waals surface area contributed by atoms with Gasteiger partial charge in [-0.1, -0.05) is 78.4 Å². The maximum Gasteiger partial charge on any atom is 0.0676 e. The predicted molar refractivity (Wildman–Crippen MR) is 120 cm³/mol. The lowest BCUT2D eigenvalue weighted by Crippen LogP contribution is -2.30. The fourth-order valence-corrected chi connectivity index (χ4v) is 5.06. The van der Waals surface area contributed by atoms with Gasteiger partial charge < -0.3 is 0 Å². The van der Waals surface area contributed by atoms with Crippen molar-refractivity contribution in [2.24, 2.45) is 0 Å². The van der Waals surface area contributed by atoms with E-state index in [0.717, 1.165) is 22.6 Å². The van der Waals surface area contributed by atoms with E-state index in [1.807, 2.05) is 0 Å². The summed E-state index contributed by atoms with van der Waals surface area (Å²) in [5, 5.41) is 0. The highest BCUT2D eigenvalue weighted by molar-refractivity contribution is 7.84. The van der Waals surface area contributed by atoms with Gasteiger partial charge in [-0.05, 0) is 57.7 Å². The predicted octanol–water partition coefficient (Wildman–Crippen LogP) is 6.82. The third-order valence-corrected chi connectivity index (χ3v) is 6.53. The molecule has 0 atom stereocenters.